The van der Waals surface area contributed by atoms with E-state index in [0.717, 1.165) is 12.1 Å². The van der Waals surface area contributed by atoms with Gasteiger partial charge in [-0.15, -0.1) is 0 Å². The van der Waals surface area contributed by atoms with Crippen molar-refractivity contribution in [2.45, 2.75) is 52.9 Å². The predicted molar refractivity (Wildman–Crippen MR) is 65.6 cm³/mol. The van der Waals surface area contributed by atoms with Gasteiger partial charge >= 0.3 is 0 Å². The van der Waals surface area contributed by atoms with Gasteiger partial charge in [0.25, 0.3) is 0 Å². The maximum atomic E-state index is 5.47. The van der Waals surface area contributed by atoms with E-state index >= 15 is 0 Å². The molecular formula is C12H23N3. The minimum Gasteiger partial charge on any atom is -0.368 e. The van der Waals surface area contributed by atoms with Crippen molar-refractivity contribution >= 4 is 5.95 Å². The molecule has 1 rings (SSSR count). The van der Waals surface area contributed by atoms with Crippen molar-refractivity contribution in [1.29, 1.82) is 0 Å². The highest BCUT2D eigenvalue weighted by molar-refractivity contribution is 5.17. The summed E-state index contributed by atoms with van der Waals surface area (Å²) in [4.78, 5) is 7.99. The Morgan fingerprint density at radius 3 is 2.53 bits per heavy atom. The Kier molecular flexibility index (Phi) is 8.73. The van der Waals surface area contributed by atoms with Gasteiger partial charge < -0.3 is 5.73 Å². The van der Waals surface area contributed by atoms with Gasteiger partial charge in [-0.25, -0.2) is 9.97 Å². The number of nitrogens with zero attached hydrogens (tertiary/aromatic N) is 2. The Morgan fingerprint density at radius 1 is 1.20 bits per heavy atom. The molecule has 0 fully saturated rings. The molecule has 0 aliphatic carbocycles. The molecule has 0 saturated carbocycles. The minimum atomic E-state index is 0.382. The summed E-state index contributed by atoms with van der Waals surface area (Å²) in [6.07, 6.45) is 7.79. The van der Waals surface area contributed by atoms with E-state index in [0.29, 0.717) is 5.95 Å². The second-order valence-corrected chi connectivity index (χ2v) is 3.22. The molecule has 0 radical (unpaired) electrons. The average Bonchev–Trinajstić information content (AvgIpc) is 2.27. The standard InChI is InChI=1S/C10H17N3.C2H6/c1-2-3-4-5-6-9-7-8-12-10(11)13-9;1-2/h7-8H,2-6H2,1H3,(H2,11,12,13);1-2H3. The van der Waals surface area contributed by atoms with Crippen molar-refractivity contribution in [3.8, 4) is 0 Å². The van der Waals surface area contributed by atoms with Crippen molar-refractivity contribution < 1.29 is 0 Å². The van der Waals surface area contributed by atoms with Crippen molar-refractivity contribution in [2.75, 3.05) is 5.73 Å². The van der Waals surface area contributed by atoms with Gasteiger partial charge in [0.1, 0.15) is 0 Å². The lowest BCUT2D eigenvalue weighted by Gasteiger charge is -2.00. The smallest absolute Gasteiger partial charge is 0.220 e. The molecule has 0 aliphatic rings. The Hall–Kier alpha value is -1.12. The summed E-state index contributed by atoms with van der Waals surface area (Å²) in [7, 11) is 0. The summed E-state index contributed by atoms with van der Waals surface area (Å²) in [5, 5.41) is 0. The Labute approximate surface area is 93.1 Å². The van der Waals surface area contributed by atoms with Crippen LogP contribution in [0, 0.1) is 0 Å². The molecule has 0 spiro atoms. The average molecular weight is 209 g/mol. The first-order chi connectivity index (χ1) is 7.33. The molecule has 0 bridgehead atoms. The number of rotatable bonds is 5. The summed E-state index contributed by atoms with van der Waals surface area (Å²) in [6.45, 7) is 6.21. The molecule has 0 aliphatic heterocycles. The van der Waals surface area contributed by atoms with Crippen LogP contribution < -0.4 is 5.73 Å². The number of nitrogens with two attached hydrogens (primary N) is 1. The summed E-state index contributed by atoms with van der Waals surface area (Å²) >= 11 is 0. The molecule has 1 aromatic rings. The second-order valence-electron chi connectivity index (χ2n) is 3.22. The van der Waals surface area contributed by atoms with E-state index in [-0.39, 0.29) is 0 Å². The highest BCUT2D eigenvalue weighted by atomic mass is 15.0. The van der Waals surface area contributed by atoms with Crippen LogP contribution in [0.4, 0.5) is 5.95 Å². The van der Waals surface area contributed by atoms with Crippen molar-refractivity contribution in [3.63, 3.8) is 0 Å². The summed E-state index contributed by atoms with van der Waals surface area (Å²) in [6, 6.07) is 1.93. The van der Waals surface area contributed by atoms with Crippen molar-refractivity contribution in [2.24, 2.45) is 0 Å². The van der Waals surface area contributed by atoms with E-state index < -0.39 is 0 Å². The molecule has 0 unspecified atom stereocenters. The third-order valence-corrected chi connectivity index (χ3v) is 2.02. The maximum absolute atomic E-state index is 5.47. The number of hydrogen-bond acceptors (Lipinski definition) is 3. The van der Waals surface area contributed by atoms with Gasteiger partial charge in [0.05, 0.1) is 0 Å². The van der Waals surface area contributed by atoms with Gasteiger partial charge in [0.2, 0.25) is 5.95 Å². The number of anilines is 1. The van der Waals surface area contributed by atoms with Crippen LogP contribution in [0.15, 0.2) is 12.3 Å². The molecule has 86 valence electrons. The minimum absolute atomic E-state index is 0.382. The lowest BCUT2D eigenvalue weighted by Crippen LogP contribution is -1.98. The number of unbranched alkanes of at least 4 members (excludes halogenated alkanes) is 3. The van der Waals surface area contributed by atoms with Crippen LogP contribution in [0.5, 0.6) is 0 Å². The first kappa shape index (κ1) is 13.9. The molecule has 0 saturated heterocycles. The van der Waals surface area contributed by atoms with Gasteiger partial charge in [-0.2, -0.15) is 0 Å². The quantitative estimate of drug-likeness (QED) is 0.758. The summed E-state index contributed by atoms with van der Waals surface area (Å²) < 4.78 is 0. The lowest BCUT2D eigenvalue weighted by molar-refractivity contribution is 0.660. The number of hydrogen-bond donors (Lipinski definition) is 1. The molecule has 1 aromatic heterocycles. The van der Waals surface area contributed by atoms with E-state index in [2.05, 4.69) is 16.9 Å². The van der Waals surface area contributed by atoms with Crippen molar-refractivity contribution in [3.05, 3.63) is 18.0 Å². The highest BCUT2D eigenvalue weighted by Crippen LogP contribution is 2.05. The van der Waals surface area contributed by atoms with Crippen LogP contribution in [0.25, 0.3) is 0 Å². The Morgan fingerprint density at radius 2 is 1.93 bits per heavy atom. The van der Waals surface area contributed by atoms with Crippen LogP contribution in [0.2, 0.25) is 0 Å². The van der Waals surface area contributed by atoms with E-state index in [1.54, 1.807) is 6.20 Å². The molecule has 3 nitrogen and oxygen atoms in total. The van der Waals surface area contributed by atoms with Gasteiger partial charge in [0.15, 0.2) is 0 Å². The molecule has 15 heavy (non-hydrogen) atoms. The van der Waals surface area contributed by atoms with E-state index in [1.807, 2.05) is 19.9 Å². The van der Waals surface area contributed by atoms with Gasteiger partial charge in [-0.3, -0.25) is 0 Å². The van der Waals surface area contributed by atoms with Crippen LogP contribution in [0.3, 0.4) is 0 Å². The third kappa shape index (κ3) is 6.89. The highest BCUT2D eigenvalue weighted by Gasteiger charge is 1.95. The number of nitrogen functional groups attached to an aromatic ring is 1. The van der Waals surface area contributed by atoms with E-state index in [4.69, 9.17) is 5.73 Å². The number of aryl methyl sites for hydroxylation is 1. The fourth-order valence-electron chi connectivity index (χ4n) is 1.29. The first-order valence-electron chi connectivity index (χ1n) is 5.90. The first-order valence-corrected chi connectivity index (χ1v) is 5.90. The van der Waals surface area contributed by atoms with Gasteiger partial charge in [-0.1, -0.05) is 40.0 Å². The zero-order chi connectivity index (χ0) is 11.5. The largest absolute Gasteiger partial charge is 0.368 e. The number of aromatic nitrogens is 2. The fraction of sp³-hybridized carbons (Fsp3) is 0.667. The summed E-state index contributed by atoms with van der Waals surface area (Å²) in [5.41, 5.74) is 6.53. The van der Waals surface area contributed by atoms with Crippen LogP contribution in [-0.4, -0.2) is 9.97 Å². The van der Waals surface area contributed by atoms with E-state index in [9.17, 15) is 0 Å². The summed E-state index contributed by atoms with van der Waals surface area (Å²) in [5.74, 6) is 0.382. The van der Waals surface area contributed by atoms with Crippen LogP contribution >= 0.6 is 0 Å². The Bertz CT molecular complexity index is 248. The monoisotopic (exact) mass is 209 g/mol. The molecule has 3 heteroatoms. The molecule has 2 N–H and O–H groups in total. The SMILES string of the molecule is CC.CCCCCCc1ccnc(N)n1. The lowest BCUT2D eigenvalue weighted by atomic mass is 10.1. The third-order valence-electron chi connectivity index (χ3n) is 2.02. The maximum Gasteiger partial charge on any atom is 0.220 e. The zero-order valence-electron chi connectivity index (χ0n) is 10.2. The van der Waals surface area contributed by atoms with Gasteiger partial charge in [-0.05, 0) is 18.9 Å². The fourth-order valence-corrected chi connectivity index (χ4v) is 1.29. The topological polar surface area (TPSA) is 51.8 Å². The molecule has 0 atom stereocenters. The second kappa shape index (κ2) is 9.44. The van der Waals surface area contributed by atoms with Crippen LogP contribution in [0.1, 0.15) is 52.1 Å². The normalized spacial score (nSPS) is 9.27. The zero-order valence-corrected chi connectivity index (χ0v) is 10.2. The predicted octanol–water partition coefficient (Wildman–Crippen LogP) is 3.21. The molecule has 0 aromatic carbocycles. The Balaban J connectivity index is 0.000000921. The molecule has 1 heterocycles. The van der Waals surface area contributed by atoms with Crippen molar-refractivity contribution in [1.82, 2.24) is 9.97 Å². The van der Waals surface area contributed by atoms with Gasteiger partial charge in [0, 0.05) is 11.9 Å². The van der Waals surface area contributed by atoms with Crippen LogP contribution in [-0.2, 0) is 6.42 Å². The van der Waals surface area contributed by atoms with E-state index in [1.165, 1.54) is 25.7 Å². The molecule has 0 amide bonds. The molecular weight excluding hydrogens is 186 g/mol.